The molecule has 2 atom stereocenters. The zero-order valence-corrected chi connectivity index (χ0v) is 11.8. The molecular formula is C17H24O. The summed E-state index contributed by atoms with van der Waals surface area (Å²) in [6.07, 6.45) is 6.41. The van der Waals surface area contributed by atoms with Crippen LogP contribution in [0.2, 0.25) is 0 Å². The highest BCUT2D eigenvalue weighted by molar-refractivity contribution is 5.42. The van der Waals surface area contributed by atoms with Gasteiger partial charge >= 0.3 is 0 Å². The summed E-state index contributed by atoms with van der Waals surface area (Å²) in [5, 5.41) is 9.67. The van der Waals surface area contributed by atoms with Crippen LogP contribution < -0.4 is 0 Å². The third kappa shape index (κ3) is 1.60. The van der Waals surface area contributed by atoms with Gasteiger partial charge in [0.2, 0.25) is 0 Å². The Morgan fingerprint density at radius 3 is 2.72 bits per heavy atom. The van der Waals surface area contributed by atoms with Gasteiger partial charge in [0.1, 0.15) is 5.75 Å². The van der Waals surface area contributed by atoms with Gasteiger partial charge in [0.25, 0.3) is 0 Å². The Bertz CT molecular complexity index is 474. The molecule has 0 heterocycles. The Labute approximate surface area is 110 Å². The van der Waals surface area contributed by atoms with Crippen LogP contribution in [0.25, 0.3) is 0 Å². The van der Waals surface area contributed by atoms with Crippen molar-refractivity contribution < 1.29 is 5.11 Å². The molecule has 1 aromatic carbocycles. The summed E-state index contributed by atoms with van der Waals surface area (Å²) in [5.41, 5.74) is 3.67. The molecule has 0 spiro atoms. The van der Waals surface area contributed by atoms with Gasteiger partial charge in [-0.15, -0.1) is 0 Å². The van der Waals surface area contributed by atoms with E-state index in [1.165, 1.54) is 36.8 Å². The number of rotatable bonds is 0. The van der Waals surface area contributed by atoms with Crippen molar-refractivity contribution in [3.05, 3.63) is 29.3 Å². The molecule has 0 saturated heterocycles. The normalized spacial score (nSPS) is 33.6. The maximum absolute atomic E-state index is 9.67. The second kappa shape index (κ2) is 3.76. The number of aryl methyl sites for hydroxylation is 1. The summed E-state index contributed by atoms with van der Waals surface area (Å²) in [6, 6.07) is 6.03. The van der Waals surface area contributed by atoms with Gasteiger partial charge in [-0.3, -0.25) is 0 Å². The molecule has 0 amide bonds. The van der Waals surface area contributed by atoms with Gasteiger partial charge in [-0.05, 0) is 65.7 Å². The first-order chi connectivity index (χ1) is 8.43. The van der Waals surface area contributed by atoms with Crippen molar-refractivity contribution in [1.82, 2.24) is 0 Å². The van der Waals surface area contributed by atoms with E-state index in [0.717, 1.165) is 12.3 Å². The van der Waals surface area contributed by atoms with E-state index in [9.17, 15) is 5.11 Å². The molecule has 0 radical (unpaired) electrons. The molecule has 0 bridgehead atoms. The van der Waals surface area contributed by atoms with E-state index in [0.29, 0.717) is 16.6 Å². The van der Waals surface area contributed by atoms with Gasteiger partial charge in [0.15, 0.2) is 0 Å². The minimum Gasteiger partial charge on any atom is -0.508 e. The molecule has 18 heavy (non-hydrogen) atoms. The predicted molar refractivity (Wildman–Crippen MR) is 74.9 cm³/mol. The number of aromatic hydroxyl groups is 1. The molecule has 1 fully saturated rings. The van der Waals surface area contributed by atoms with Gasteiger partial charge in [0.05, 0.1) is 0 Å². The van der Waals surface area contributed by atoms with Crippen molar-refractivity contribution in [2.75, 3.05) is 0 Å². The number of phenols is 1. The van der Waals surface area contributed by atoms with Crippen LogP contribution in [0.5, 0.6) is 5.75 Å². The first-order valence-electron chi connectivity index (χ1n) is 7.26. The summed E-state index contributed by atoms with van der Waals surface area (Å²) >= 11 is 0. The zero-order valence-electron chi connectivity index (χ0n) is 11.8. The van der Waals surface area contributed by atoms with E-state index >= 15 is 0 Å². The van der Waals surface area contributed by atoms with Crippen LogP contribution in [0.3, 0.4) is 0 Å². The van der Waals surface area contributed by atoms with Crippen LogP contribution >= 0.6 is 0 Å². The van der Waals surface area contributed by atoms with E-state index in [4.69, 9.17) is 0 Å². The van der Waals surface area contributed by atoms with E-state index in [1.54, 1.807) is 0 Å². The van der Waals surface area contributed by atoms with Gasteiger partial charge in [-0.1, -0.05) is 33.3 Å². The Hall–Kier alpha value is -0.980. The maximum Gasteiger partial charge on any atom is 0.115 e. The highest BCUT2D eigenvalue weighted by Gasteiger charge is 2.49. The largest absolute Gasteiger partial charge is 0.508 e. The molecule has 0 aliphatic heterocycles. The number of fused-ring (bicyclic) bond motifs is 3. The third-order valence-corrected chi connectivity index (χ3v) is 5.64. The van der Waals surface area contributed by atoms with Crippen molar-refractivity contribution >= 4 is 0 Å². The molecule has 1 heteroatoms. The second-order valence-corrected chi connectivity index (χ2v) is 7.19. The van der Waals surface area contributed by atoms with Crippen LogP contribution in [0.4, 0.5) is 0 Å². The molecule has 2 aliphatic rings. The van der Waals surface area contributed by atoms with Crippen LogP contribution in [0, 0.1) is 11.3 Å². The fourth-order valence-corrected chi connectivity index (χ4v) is 4.80. The lowest BCUT2D eigenvalue weighted by molar-refractivity contribution is 0.0407. The average Bonchev–Trinajstić information content (AvgIpc) is 2.27. The molecule has 0 aromatic heterocycles. The van der Waals surface area contributed by atoms with Crippen LogP contribution in [0.15, 0.2) is 18.2 Å². The summed E-state index contributed by atoms with van der Waals surface area (Å²) in [5.74, 6) is 1.21. The fourth-order valence-electron chi connectivity index (χ4n) is 4.80. The standard InChI is InChI=1S/C17H24O/c1-16(2)9-4-10-17(3)14-7-6-13(18)11-12(14)5-8-15(16)17/h6-7,11,15,18H,4-5,8-10H2,1-3H3. The van der Waals surface area contributed by atoms with Crippen molar-refractivity contribution in [3.63, 3.8) is 0 Å². The van der Waals surface area contributed by atoms with Crippen molar-refractivity contribution in [3.8, 4) is 5.75 Å². The van der Waals surface area contributed by atoms with Crippen molar-refractivity contribution in [2.45, 2.75) is 58.3 Å². The first-order valence-corrected chi connectivity index (χ1v) is 7.26. The number of phenolic OH excluding ortho intramolecular Hbond substituents is 1. The van der Waals surface area contributed by atoms with Gasteiger partial charge in [-0.25, -0.2) is 0 Å². The summed E-state index contributed by atoms with van der Waals surface area (Å²) in [7, 11) is 0. The molecule has 1 saturated carbocycles. The van der Waals surface area contributed by atoms with Gasteiger partial charge < -0.3 is 5.11 Å². The summed E-state index contributed by atoms with van der Waals surface area (Å²) in [6.45, 7) is 7.34. The number of hydrogen-bond donors (Lipinski definition) is 1. The highest BCUT2D eigenvalue weighted by Crippen LogP contribution is 2.57. The molecule has 1 N–H and O–H groups in total. The first kappa shape index (κ1) is 12.1. The quantitative estimate of drug-likeness (QED) is 0.716. The SMILES string of the molecule is CC1(C)CCCC2(C)c3ccc(O)cc3CCC12. The smallest absolute Gasteiger partial charge is 0.115 e. The average molecular weight is 244 g/mol. The predicted octanol–water partition coefficient (Wildman–Crippen LogP) is 4.42. The van der Waals surface area contributed by atoms with Crippen LogP contribution in [-0.2, 0) is 11.8 Å². The van der Waals surface area contributed by atoms with Gasteiger partial charge in [0, 0.05) is 0 Å². The van der Waals surface area contributed by atoms with Crippen LogP contribution in [0.1, 0.15) is 57.6 Å². The maximum atomic E-state index is 9.67. The Balaban J connectivity index is 2.11. The lowest BCUT2D eigenvalue weighted by atomic mass is 9.50. The molecule has 3 rings (SSSR count). The summed E-state index contributed by atoms with van der Waals surface area (Å²) < 4.78 is 0. The topological polar surface area (TPSA) is 20.2 Å². The third-order valence-electron chi connectivity index (χ3n) is 5.64. The minimum absolute atomic E-state index is 0.322. The van der Waals surface area contributed by atoms with E-state index < -0.39 is 0 Å². The fraction of sp³-hybridized carbons (Fsp3) is 0.647. The lowest BCUT2D eigenvalue weighted by Gasteiger charge is -2.54. The number of benzene rings is 1. The Morgan fingerprint density at radius 1 is 1.17 bits per heavy atom. The molecule has 1 aromatic rings. The van der Waals surface area contributed by atoms with Crippen molar-refractivity contribution in [2.24, 2.45) is 11.3 Å². The highest BCUT2D eigenvalue weighted by atomic mass is 16.3. The Kier molecular flexibility index (Phi) is 2.52. The molecule has 2 aliphatic carbocycles. The Morgan fingerprint density at radius 2 is 1.94 bits per heavy atom. The van der Waals surface area contributed by atoms with E-state index in [1.807, 2.05) is 12.1 Å². The second-order valence-electron chi connectivity index (χ2n) is 7.19. The zero-order chi connectivity index (χ0) is 13.0. The molecular weight excluding hydrogens is 220 g/mol. The minimum atomic E-state index is 0.322. The molecule has 2 unspecified atom stereocenters. The van der Waals surface area contributed by atoms with Crippen molar-refractivity contribution in [1.29, 1.82) is 0 Å². The number of hydrogen-bond acceptors (Lipinski definition) is 1. The monoisotopic (exact) mass is 244 g/mol. The molecule has 98 valence electrons. The van der Waals surface area contributed by atoms with Crippen LogP contribution in [-0.4, -0.2) is 5.11 Å². The van der Waals surface area contributed by atoms with Gasteiger partial charge in [-0.2, -0.15) is 0 Å². The van der Waals surface area contributed by atoms with E-state index in [2.05, 4.69) is 26.8 Å². The lowest BCUT2D eigenvalue weighted by Crippen LogP contribution is -2.47. The van der Waals surface area contributed by atoms with E-state index in [-0.39, 0.29) is 0 Å². The summed E-state index contributed by atoms with van der Waals surface area (Å²) in [4.78, 5) is 0. The molecule has 1 nitrogen and oxygen atoms in total.